The van der Waals surface area contributed by atoms with Crippen LogP contribution in [0.1, 0.15) is 24.6 Å². The summed E-state index contributed by atoms with van der Waals surface area (Å²) >= 11 is 0.634. The fourth-order valence-corrected chi connectivity index (χ4v) is 3.25. The van der Waals surface area contributed by atoms with E-state index in [0.29, 0.717) is 33.9 Å². The van der Waals surface area contributed by atoms with E-state index in [0.717, 1.165) is 0 Å². The molecule has 0 saturated heterocycles. The van der Waals surface area contributed by atoms with Crippen LogP contribution in [0.3, 0.4) is 0 Å². The molecule has 0 aliphatic heterocycles. The molecular formula is C15H17F4NOS. The molecule has 0 aliphatic carbocycles. The minimum Gasteiger partial charge on any atom is -0.383 e. The number of aliphatic hydroxyl groups is 1. The highest BCUT2D eigenvalue weighted by Crippen LogP contribution is 2.33. The highest BCUT2D eigenvalue weighted by Gasteiger charge is 2.33. The lowest BCUT2D eigenvalue weighted by Crippen LogP contribution is -2.29. The number of hydrogen-bond acceptors (Lipinski definition) is 2. The number of aromatic amines is 1. The van der Waals surface area contributed by atoms with Gasteiger partial charge in [-0.2, -0.15) is 13.2 Å². The van der Waals surface area contributed by atoms with Crippen molar-refractivity contribution in [3.8, 4) is 0 Å². The summed E-state index contributed by atoms with van der Waals surface area (Å²) in [6.45, 7) is 3.33. The van der Waals surface area contributed by atoms with E-state index in [2.05, 4.69) is 4.98 Å². The van der Waals surface area contributed by atoms with Gasteiger partial charge < -0.3 is 10.1 Å². The first-order chi connectivity index (χ1) is 10.1. The molecule has 2 aromatic rings. The van der Waals surface area contributed by atoms with Crippen LogP contribution in [0, 0.1) is 12.7 Å². The Labute approximate surface area is 129 Å². The van der Waals surface area contributed by atoms with Gasteiger partial charge in [-0.05, 0) is 37.1 Å². The van der Waals surface area contributed by atoms with E-state index in [-0.39, 0.29) is 18.0 Å². The lowest BCUT2D eigenvalue weighted by Gasteiger charge is -2.25. The number of fused-ring (bicyclic) bond motifs is 1. The molecule has 0 saturated carbocycles. The number of benzene rings is 1. The Morgan fingerprint density at radius 2 is 1.86 bits per heavy atom. The van der Waals surface area contributed by atoms with Gasteiger partial charge in [0, 0.05) is 22.3 Å². The summed E-state index contributed by atoms with van der Waals surface area (Å²) in [7, 11) is 0. The minimum atomic E-state index is -4.26. The topological polar surface area (TPSA) is 36.0 Å². The van der Waals surface area contributed by atoms with Gasteiger partial charge >= 0.3 is 6.18 Å². The lowest BCUT2D eigenvalue weighted by molar-refractivity contribution is -0.105. The average molecular weight is 335 g/mol. The first-order valence-corrected chi connectivity index (χ1v) is 7.96. The quantitative estimate of drug-likeness (QED) is 0.789. The fraction of sp³-hybridized carbons (Fsp3) is 0.467. The van der Waals surface area contributed by atoms with Crippen molar-refractivity contribution in [1.29, 1.82) is 0 Å². The third kappa shape index (κ3) is 3.76. The Kier molecular flexibility index (Phi) is 4.77. The fourth-order valence-electron chi connectivity index (χ4n) is 2.22. The van der Waals surface area contributed by atoms with E-state index >= 15 is 0 Å². The van der Waals surface area contributed by atoms with Gasteiger partial charge in [0.2, 0.25) is 0 Å². The normalized spacial score (nSPS) is 15.2. The Hall–Kier alpha value is -1.21. The SMILES string of the molecule is CCC(O)(CSCC(F)(F)F)c1cc2cc(F)c(C)cc2[nH]1. The number of alkyl halides is 3. The predicted octanol–water partition coefficient (Wildman–Crippen LogP) is 4.51. The van der Waals surface area contributed by atoms with Crippen molar-refractivity contribution < 1.29 is 22.7 Å². The van der Waals surface area contributed by atoms with Crippen molar-refractivity contribution >= 4 is 22.7 Å². The number of hydrogen-bond donors (Lipinski definition) is 2. The molecule has 0 bridgehead atoms. The summed E-state index contributed by atoms with van der Waals surface area (Å²) in [4.78, 5) is 2.99. The van der Waals surface area contributed by atoms with Crippen LogP contribution < -0.4 is 0 Å². The van der Waals surface area contributed by atoms with Gasteiger partial charge in [0.25, 0.3) is 0 Å². The van der Waals surface area contributed by atoms with Crippen molar-refractivity contribution in [3.05, 3.63) is 35.3 Å². The molecular weight excluding hydrogens is 318 g/mol. The van der Waals surface area contributed by atoms with E-state index in [9.17, 15) is 22.7 Å². The van der Waals surface area contributed by atoms with E-state index in [4.69, 9.17) is 0 Å². The second kappa shape index (κ2) is 6.12. The lowest BCUT2D eigenvalue weighted by atomic mass is 9.99. The highest BCUT2D eigenvalue weighted by atomic mass is 32.2. The van der Waals surface area contributed by atoms with Crippen molar-refractivity contribution in [2.24, 2.45) is 0 Å². The van der Waals surface area contributed by atoms with Gasteiger partial charge in [0.1, 0.15) is 11.4 Å². The molecule has 1 aromatic carbocycles. The van der Waals surface area contributed by atoms with Gasteiger partial charge in [-0.15, -0.1) is 11.8 Å². The van der Waals surface area contributed by atoms with Crippen molar-refractivity contribution in [3.63, 3.8) is 0 Å². The first kappa shape index (κ1) is 17.1. The summed E-state index contributed by atoms with van der Waals surface area (Å²) in [5, 5.41) is 11.2. The maximum Gasteiger partial charge on any atom is 0.397 e. The van der Waals surface area contributed by atoms with Crippen molar-refractivity contribution in [1.82, 2.24) is 4.98 Å². The number of halogens is 4. The van der Waals surface area contributed by atoms with Crippen LogP contribution >= 0.6 is 11.8 Å². The largest absolute Gasteiger partial charge is 0.397 e. The Bertz CT molecular complexity index is 628. The van der Waals surface area contributed by atoms with E-state index in [1.165, 1.54) is 6.07 Å². The zero-order valence-electron chi connectivity index (χ0n) is 12.2. The van der Waals surface area contributed by atoms with E-state index in [1.807, 2.05) is 0 Å². The van der Waals surface area contributed by atoms with Crippen LogP contribution in [0.15, 0.2) is 18.2 Å². The predicted molar refractivity (Wildman–Crippen MR) is 80.6 cm³/mol. The van der Waals surface area contributed by atoms with Gasteiger partial charge in [-0.1, -0.05) is 6.92 Å². The van der Waals surface area contributed by atoms with Crippen LogP contribution in [0.2, 0.25) is 0 Å². The third-order valence-corrected chi connectivity index (χ3v) is 4.81. The third-order valence-electron chi connectivity index (χ3n) is 3.59. The molecule has 7 heteroatoms. The summed E-state index contributed by atoms with van der Waals surface area (Å²) < 4.78 is 50.3. The van der Waals surface area contributed by atoms with Crippen LogP contribution in [0.25, 0.3) is 10.9 Å². The van der Waals surface area contributed by atoms with Gasteiger partial charge in [-0.25, -0.2) is 4.39 Å². The van der Waals surface area contributed by atoms with Gasteiger partial charge in [0.05, 0.1) is 5.75 Å². The summed E-state index contributed by atoms with van der Waals surface area (Å²) in [5.74, 6) is -1.45. The number of nitrogens with one attached hydrogen (secondary N) is 1. The highest BCUT2D eigenvalue weighted by molar-refractivity contribution is 7.99. The molecule has 1 unspecified atom stereocenters. The molecule has 0 fully saturated rings. The number of rotatable bonds is 5. The zero-order chi connectivity index (χ0) is 16.5. The molecule has 2 N–H and O–H groups in total. The minimum absolute atomic E-state index is 0.0860. The molecule has 0 aliphatic rings. The van der Waals surface area contributed by atoms with Gasteiger partial charge in [0.15, 0.2) is 0 Å². The number of aromatic nitrogens is 1. The zero-order valence-corrected chi connectivity index (χ0v) is 13.0. The second-order valence-corrected chi connectivity index (χ2v) is 6.35. The number of aryl methyl sites for hydroxylation is 1. The molecule has 0 spiro atoms. The Morgan fingerprint density at radius 3 is 2.45 bits per heavy atom. The first-order valence-electron chi connectivity index (χ1n) is 6.81. The van der Waals surface area contributed by atoms with E-state index in [1.54, 1.807) is 26.0 Å². The maximum atomic E-state index is 13.6. The standard InChI is InChI=1S/C15H17F4NOS/c1-3-14(21,7-22-8-15(17,18)19)13-6-10-5-11(16)9(2)4-12(10)20-13/h4-6,20-21H,3,7-8H2,1-2H3. The number of H-pyrrole nitrogens is 1. The molecule has 2 rings (SSSR count). The summed E-state index contributed by atoms with van der Waals surface area (Å²) in [5.41, 5.74) is 0.123. The van der Waals surface area contributed by atoms with Crippen molar-refractivity contribution in [2.75, 3.05) is 11.5 Å². The molecule has 122 valence electrons. The summed E-state index contributed by atoms with van der Waals surface area (Å²) in [6.07, 6.45) is -4.01. The molecule has 1 atom stereocenters. The Morgan fingerprint density at radius 1 is 1.18 bits per heavy atom. The van der Waals surface area contributed by atoms with Crippen molar-refractivity contribution in [2.45, 2.75) is 32.0 Å². The summed E-state index contributed by atoms with van der Waals surface area (Å²) in [6, 6.07) is 4.56. The van der Waals surface area contributed by atoms with Crippen LogP contribution in [-0.4, -0.2) is 27.8 Å². The number of thioether (sulfide) groups is 1. The molecule has 22 heavy (non-hydrogen) atoms. The van der Waals surface area contributed by atoms with Crippen LogP contribution in [-0.2, 0) is 5.60 Å². The molecule has 0 radical (unpaired) electrons. The molecule has 0 amide bonds. The van der Waals surface area contributed by atoms with Crippen LogP contribution in [0.4, 0.5) is 17.6 Å². The smallest absolute Gasteiger partial charge is 0.383 e. The Balaban J connectivity index is 2.26. The van der Waals surface area contributed by atoms with Gasteiger partial charge in [-0.3, -0.25) is 0 Å². The second-order valence-electron chi connectivity index (χ2n) is 5.36. The van der Waals surface area contributed by atoms with E-state index < -0.39 is 17.5 Å². The van der Waals surface area contributed by atoms with Crippen LogP contribution in [0.5, 0.6) is 0 Å². The maximum absolute atomic E-state index is 13.6. The molecule has 2 nitrogen and oxygen atoms in total. The average Bonchev–Trinajstić information content (AvgIpc) is 2.81. The monoisotopic (exact) mass is 335 g/mol. The molecule has 1 aromatic heterocycles. The molecule has 1 heterocycles.